The van der Waals surface area contributed by atoms with Gasteiger partial charge in [0.05, 0.1) is 23.7 Å². The summed E-state index contributed by atoms with van der Waals surface area (Å²) in [6, 6.07) is 16.5. The third kappa shape index (κ3) is 5.63. The van der Waals surface area contributed by atoms with Crippen molar-refractivity contribution in [3.8, 4) is 0 Å². The number of hydrogen-bond acceptors (Lipinski definition) is 6. The normalized spacial score (nSPS) is 17.9. The molecule has 182 valence electrons. The minimum Gasteiger partial charge on any atom is -0.457 e. The highest BCUT2D eigenvalue weighted by atomic mass is 35.5. The number of rotatable bonds is 8. The minimum atomic E-state index is -0.558. The molecule has 0 saturated carbocycles. The van der Waals surface area contributed by atoms with Gasteiger partial charge >= 0.3 is 5.97 Å². The number of thioether (sulfide) groups is 1. The van der Waals surface area contributed by atoms with Crippen molar-refractivity contribution in [3.05, 3.63) is 93.1 Å². The molecule has 0 unspecified atom stereocenters. The van der Waals surface area contributed by atoms with Crippen LogP contribution in [0.25, 0.3) is 0 Å². The van der Waals surface area contributed by atoms with Crippen LogP contribution in [0, 0.1) is 0 Å². The molecule has 0 bridgehead atoms. The molecule has 0 aromatic heterocycles. The quantitative estimate of drug-likeness (QED) is 0.444. The summed E-state index contributed by atoms with van der Waals surface area (Å²) in [5.41, 5.74) is 3.40. The standard InChI is InChI=1S/C27H28ClN3O3S/c1-4-17(2)29-23(32)14-20-16-35-27-30-18(3)24(26(33)34-15-19-10-6-5-7-11-19)25(31(20)27)21-12-8-9-13-22(21)28/h5-13,16-17,25H,4,14-15H2,1-3H3,(H,29,32)/t17-,25-/m0/s1. The average molecular weight is 510 g/mol. The predicted molar refractivity (Wildman–Crippen MR) is 141 cm³/mol. The highest BCUT2D eigenvalue weighted by molar-refractivity contribution is 8.16. The second kappa shape index (κ2) is 11.1. The zero-order valence-corrected chi connectivity index (χ0v) is 21.5. The molecule has 2 heterocycles. The largest absolute Gasteiger partial charge is 0.457 e. The SMILES string of the molecule is CC[C@H](C)NC(=O)CC1=CSC2=NC(C)=C(C(=O)OCc3ccccc3)[C@H](c3ccccc3Cl)N12. The van der Waals surface area contributed by atoms with Gasteiger partial charge in [0.15, 0.2) is 5.17 Å². The molecule has 0 saturated heterocycles. The van der Waals surface area contributed by atoms with Gasteiger partial charge in [0.25, 0.3) is 0 Å². The average Bonchev–Trinajstić information content (AvgIpc) is 3.24. The van der Waals surface area contributed by atoms with E-state index in [0.29, 0.717) is 21.5 Å². The summed E-state index contributed by atoms with van der Waals surface area (Å²) in [5.74, 6) is -0.538. The van der Waals surface area contributed by atoms with Crippen molar-refractivity contribution in [2.24, 2.45) is 4.99 Å². The summed E-state index contributed by atoms with van der Waals surface area (Å²) in [4.78, 5) is 32.8. The number of aliphatic imine (C=N–C) groups is 1. The Kier molecular flexibility index (Phi) is 7.98. The first-order valence-corrected chi connectivity index (χ1v) is 12.8. The summed E-state index contributed by atoms with van der Waals surface area (Å²) >= 11 is 8.07. The van der Waals surface area contributed by atoms with Crippen molar-refractivity contribution in [1.29, 1.82) is 0 Å². The molecule has 0 aliphatic carbocycles. The topological polar surface area (TPSA) is 71.0 Å². The van der Waals surface area contributed by atoms with Crippen LogP contribution >= 0.6 is 23.4 Å². The van der Waals surface area contributed by atoms with E-state index in [0.717, 1.165) is 23.2 Å². The number of esters is 1. The first-order valence-electron chi connectivity index (χ1n) is 11.6. The van der Waals surface area contributed by atoms with E-state index in [-0.39, 0.29) is 25.0 Å². The molecule has 4 rings (SSSR count). The van der Waals surface area contributed by atoms with Crippen molar-refractivity contribution in [1.82, 2.24) is 10.2 Å². The molecule has 2 atom stereocenters. The van der Waals surface area contributed by atoms with Crippen LogP contribution in [0.1, 0.15) is 50.8 Å². The highest BCUT2D eigenvalue weighted by Crippen LogP contribution is 2.46. The Morgan fingerprint density at radius 3 is 2.60 bits per heavy atom. The van der Waals surface area contributed by atoms with Crippen LogP contribution in [0.3, 0.4) is 0 Å². The van der Waals surface area contributed by atoms with Gasteiger partial charge in [-0.25, -0.2) is 9.79 Å². The second-order valence-electron chi connectivity index (χ2n) is 8.53. The van der Waals surface area contributed by atoms with Gasteiger partial charge in [-0.3, -0.25) is 4.79 Å². The van der Waals surface area contributed by atoms with Crippen LogP contribution in [0.5, 0.6) is 0 Å². The maximum absolute atomic E-state index is 13.5. The van der Waals surface area contributed by atoms with Crippen molar-refractivity contribution in [2.75, 3.05) is 0 Å². The van der Waals surface area contributed by atoms with Crippen molar-refractivity contribution >= 4 is 40.4 Å². The van der Waals surface area contributed by atoms with Crippen LogP contribution in [0.4, 0.5) is 0 Å². The molecule has 2 aromatic carbocycles. The number of hydrogen-bond donors (Lipinski definition) is 1. The summed E-state index contributed by atoms with van der Waals surface area (Å²) in [7, 11) is 0. The van der Waals surface area contributed by atoms with E-state index < -0.39 is 12.0 Å². The minimum absolute atomic E-state index is 0.0789. The first kappa shape index (κ1) is 25.1. The van der Waals surface area contributed by atoms with E-state index in [2.05, 4.69) is 5.32 Å². The number of nitrogens with one attached hydrogen (secondary N) is 1. The van der Waals surface area contributed by atoms with E-state index in [9.17, 15) is 9.59 Å². The number of nitrogens with zero attached hydrogens (tertiary/aromatic N) is 2. The van der Waals surface area contributed by atoms with Crippen LogP contribution in [-0.4, -0.2) is 28.0 Å². The van der Waals surface area contributed by atoms with Gasteiger partial charge in [0, 0.05) is 16.8 Å². The van der Waals surface area contributed by atoms with Gasteiger partial charge < -0.3 is 15.0 Å². The number of amides is 1. The van der Waals surface area contributed by atoms with Gasteiger partial charge in [0.1, 0.15) is 6.61 Å². The van der Waals surface area contributed by atoms with Crippen LogP contribution in [0.15, 0.2) is 82.0 Å². The fourth-order valence-corrected chi connectivity index (χ4v) is 5.22. The number of amidine groups is 1. The van der Waals surface area contributed by atoms with E-state index in [1.54, 1.807) is 6.07 Å². The summed E-state index contributed by atoms with van der Waals surface area (Å²) in [6.07, 6.45) is 1.01. The predicted octanol–water partition coefficient (Wildman–Crippen LogP) is 5.96. The third-order valence-corrected chi connectivity index (χ3v) is 7.23. The molecule has 0 spiro atoms. The van der Waals surface area contributed by atoms with E-state index >= 15 is 0 Å². The Hall–Kier alpha value is -3.03. The zero-order valence-electron chi connectivity index (χ0n) is 20.0. The Morgan fingerprint density at radius 1 is 1.17 bits per heavy atom. The highest BCUT2D eigenvalue weighted by Gasteiger charge is 2.41. The number of allylic oxidation sites excluding steroid dienone is 1. The van der Waals surface area contributed by atoms with E-state index in [1.807, 2.05) is 79.6 Å². The molecular formula is C27H28ClN3O3S. The third-order valence-electron chi connectivity index (χ3n) is 5.99. The van der Waals surface area contributed by atoms with Crippen LogP contribution in [-0.2, 0) is 20.9 Å². The van der Waals surface area contributed by atoms with Gasteiger partial charge in [-0.1, -0.05) is 78.8 Å². The van der Waals surface area contributed by atoms with Gasteiger partial charge in [-0.2, -0.15) is 0 Å². The number of fused-ring (bicyclic) bond motifs is 1. The number of carbonyl (C=O) groups excluding carboxylic acids is 2. The lowest BCUT2D eigenvalue weighted by molar-refractivity contribution is -0.141. The number of halogens is 1. The molecule has 0 fully saturated rings. The van der Waals surface area contributed by atoms with Gasteiger partial charge in [-0.05, 0) is 42.9 Å². The van der Waals surface area contributed by atoms with Crippen LogP contribution < -0.4 is 5.32 Å². The smallest absolute Gasteiger partial charge is 0.338 e. The maximum Gasteiger partial charge on any atom is 0.338 e. The number of carbonyl (C=O) groups is 2. The molecule has 8 heteroatoms. The maximum atomic E-state index is 13.5. The van der Waals surface area contributed by atoms with Gasteiger partial charge in [-0.15, -0.1) is 0 Å². The van der Waals surface area contributed by atoms with E-state index in [4.69, 9.17) is 21.3 Å². The molecule has 6 nitrogen and oxygen atoms in total. The van der Waals surface area contributed by atoms with Crippen molar-refractivity contribution in [2.45, 2.75) is 52.3 Å². The molecule has 2 aromatic rings. The molecule has 2 aliphatic heterocycles. The van der Waals surface area contributed by atoms with Gasteiger partial charge in [0.2, 0.25) is 5.91 Å². The fourth-order valence-electron chi connectivity index (χ4n) is 4.02. The van der Waals surface area contributed by atoms with Crippen molar-refractivity contribution < 1.29 is 14.3 Å². The summed E-state index contributed by atoms with van der Waals surface area (Å²) < 4.78 is 5.72. The monoisotopic (exact) mass is 509 g/mol. The Balaban J connectivity index is 1.67. The van der Waals surface area contributed by atoms with Crippen LogP contribution in [0.2, 0.25) is 5.02 Å². The number of benzene rings is 2. The van der Waals surface area contributed by atoms with Crippen molar-refractivity contribution in [3.63, 3.8) is 0 Å². The molecule has 1 amide bonds. The van der Waals surface area contributed by atoms with E-state index in [1.165, 1.54) is 11.8 Å². The zero-order chi connectivity index (χ0) is 24.9. The Morgan fingerprint density at radius 2 is 1.89 bits per heavy atom. The molecule has 1 N–H and O–H groups in total. The molecular weight excluding hydrogens is 482 g/mol. The molecule has 2 aliphatic rings. The molecule has 0 radical (unpaired) electrons. The number of ether oxygens (including phenoxy) is 1. The first-order chi connectivity index (χ1) is 16.9. The lowest BCUT2D eigenvalue weighted by Crippen LogP contribution is -2.39. The fraction of sp³-hybridized carbons (Fsp3) is 0.296. The lowest BCUT2D eigenvalue weighted by Gasteiger charge is -2.36. The summed E-state index contributed by atoms with van der Waals surface area (Å²) in [5, 5.41) is 6.17. The molecule has 35 heavy (non-hydrogen) atoms. The summed E-state index contributed by atoms with van der Waals surface area (Å²) in [6.45, 7) is 5.96. The Bertz CT molecular complexity index is 1210. The Labute approximate surface area is 215 Å². The second-order valence-corrected chi connectivity index (χ2v) is 9.77. The lowest BCUT2D eigenvalue weighted by atomic mass is 9.93.